The molecule has 0 amide bonds. The lowest BCUT2D eigenvalue weighted by Crippen LogP contribution is -2.33. The topological polar surface area (TPSA) is 37.3 Å². The highest BCUT2D eigenvalue weighted by Crippen LogP contribution is 2.18. The lowest BCUT2D eigenvalue weighted by Gasteiger charge is -2.20. The van der Waals surface area contributed by atoms with E-state index in [-0.39, 0.29) is 12.2 Å². The number of aliphatic hydroxyl groups is 1. The van der Waals surface area contributed by atoms with Crippen molar-refractivity contribution >= 4 is 5.78 Å². The molecule has 0 aromatic rings. The smallest absolute Gasteiger partial charge is 0.143 e. The Bertz CT molecular complexity index is 119. The summed E-state index contributed by atoms with van der Waals surface area (Å²) in [5, 5.41) is 8.63. The van der Waals surface area contributed by atoms with Crippen molar-refractivity contribution < 1.29 is 14.3 Å². The Labute approximate surface area is 60.1 Å². The molecule has 0 spiro atoms. The predicted molar refractivity (Wildman–Crippen MR) is 36.5 cm³/mol. The number of hydrogen-bond acceptors (Lipinski definition) is 2. The first-order valence-electron chi connectivity index (χ1n) is 3.31. The van der Waals surface area contributed by atoms with Crippen molar-refractivity contribution in [3.63, 3.8) is 0 Å². The average Bonchev–Trinajstić information content (AvgIpc) is 2.01. The maximum absolute atomic E-state index is 12.1. The number of ketones is 1. The van der Waals surface area contributed by atoms with E-state index in [0.717, 1.165) is 0 Å². The van der Waals surface area contributed by atoms with Gasteiger partial charge in [-0.05, 0) is 6.92 Å². The summed E-state index contributed by atoms with van der Waals surface area (Å²) in [7, 11) is 0. The van der Waals surface area contributed by atoms with Gasteiger partial charge in [0.05, 0.1) is 12.0 Å². The van der Waals surface area contributed by atoms with Crippen molar-refractivity contribution in [3.8, 4) is 0 Å². The minimum absolute atomic E-state index is 0.225. The van der Waals surface area contributed by atoms with Crippen molar-refractivity contribution in [1.82, 2.24) is 0 Å². The first kappa shape index (κ1) is 9.56. The van der Waals surface area contributed by atoms with Gasteiger partial charge in [-0.15, -0.1) is 0 Å². The SMILES string of the molecule is CCC(=O)C(C)(CO)CF. The monoisotopic (exact) mass is 148 g/mol. The zero-order chi connectivity index (χ0) is 8.20. The van der Waals surface area contributed by atoms with Crippen molar-refractivity contribution in [2.24, 2.45) is 5.41 Å². The van der Waals surface area contributed by atoms with Crippen LogP contribution in [-0.4, -0.2) is 24.2 Å². The van der Waals surface area contributed by atoms with Crippen molar-refractivity contribution in [1.29, 1.82) is 0 Å². The van der Waals surface area contributed by atoms with Gasteiger partial charge in [0, 0.05) is 6.42 Å². The zero-order valence-electron chi connectivity index (χ0n) is 6.35. The lowest BCUT2D eigenvalue weighted by atomic mass is 9.87. The molecule has 0 bridgehead atoms. The normalized spacial score (nSPS) is 16.4. The molecule has 0 rings (SSSR count). The second kappa shape index (κ2) is 3.66. The molecular formula is C7H13FO2. The number of rotatable bonds is 4. The summed E-state index contributed by atoms with van der Waals surface area (Å²) in [6.45, 7) is 1.90. The van der Waals surface area contributed by atoms with Crippen LogP contribution in [0.4, 0.5) is 4.39 Å². The summed E-state index contributed by atoms with van der Waals surface area (Å²) in [5.41, 5.74) is -1.16. The molecule has 0 saturated heterocycles. The number of alkyl halides is 1. The van der Waals surface area contributed by atoms with Crippen LogP contribution < -0.4 is 0 Å². The Hall–Kier alpha value is -0.440. The van der Waals surface area contributed by atoms with E-state index in [1.807, 2.05) is 0 Å². The fourth-order valence-corrected chi connectivity index (χ4v) is 0.632. The molecular weight excluding hydrogens is 135 g/mol. The molecule has 0 aliphatic heterocycles. The highest BCUT2D eigenvalue weighted by molar-refractivity contribution is 5.84. The Morgan fingerprint density at radius 1 is 1.70 bits per heavy atom. The summed E-state index contributed by atoms with van der Waals surface area (Å²) >= 11 is 0. The highest BCUT2D eigenvalue weighted by atomic mass is 19.1. The lowest BCUT2D eigenvalue weighted by molar-refractivity contribution is -0.130. The van der Waals surface area contributed by atoms with Gasteiger partial charge in [-0.25, -0.2) is 4.39 Å². The van der Waals surface area contributed by atoms with E-state index in [2.05, 4.69) is 0 Å². The van der Waals surface area contributed by atoms with Crippen LogP contribution in [0.3, 0.4) is 0 Å². The fraction of sp³-hybridized carbons (Fsp3) is 0.857. The van der Waals surface area contributed by atoms with E-state index in [4.69, 9.17) is 5.11 Å². The number of aliphatic hydroxyl groups excluding tert-OH is 1. The molecule has 10 heavy (non-hydrogen) atoms. The van der Waals surface area contributed by atoms with Gasteiger partial charge in [0.2, 0.25) is 0 Å². The van der Waals surface area contributed by atoms with Gasteiger partial charge in [-0.1, -0.05) is 6.92 Å². The molecule has 1 atom stereocenters. The molecule has 0 saturated carbocycles. The fourth-order valence-electron chi connectivity index (χ4n) is 0.632. The van der Waals surface area contributed by atoms with Crippen LogP contribution in [-0.2, 0) is 4.79 Å². The first-order valence-corrected chi connectivity index (χ1v) is 3.31. The third-order valence-electron chi connectivity index (χ3n) is 1.64. The molecule has 2 nitrogen and oxygen atoms in total. The minimum atomic E-state index is -1.16. The first-order chi connectivity index (χ1) is 4.60. The number of Topliss-reactive ketones (excluding diaryl/α,β-unsaturated/α-hetero) is 1. The van der Waals surface area contributed by atoms with Gasteiger partial charge < -0.3 is 5.11 Å². The van der Waals surface area contributed by atoms with Crippen molar-refractivity contribution in [2.45, 2.75) is 20.3 Å². The molecule has 0 aliphatic rings. The van der Waals surface area contributed by atoms with Gasteiger partial charge in [0.1, 0.15) is 12.5 Å². The van der Waals surface area contributed by atoms with Gasteiger partial charge in [0.15, 0.2) is 0 Å². The largest absolute Gasteiger partial charge is 0.395 e. The van der Waals surface area contributed by atoms with E-state index < -0.39 is 18.7 Å². The molecule has 0 aromatic heterocycles. The van der Waals surface area contributed by atoms with Crippen LogP contribution in [0.25, 0.3) is 0 Å². The van der Waals surface area contributed by atoms with Crippen LogP contribution in [0.15, 0.2) is 0 Å². The molecule has 1 unspecified atom stereocenters. The summed E-state index contributed by atoms with van der Waals surface area (Å²) in [4.78, 5) is 10.9. The molecule has 0 aromatic carbocycles. The molecule has 1 N–H and O–H groups in total. The highest BCUT2D eigenvalue weighted by Gasteiger charge is 2.30. The van der Waals surface area contributed by atoms with Gasteiger partial charge in [-0.2, -0.15) is 0 Å². The number of hydrogen-bond donors (Lipinski definition) is 1. The van der Waals surface area contributed by atoms with Crippen molar-refractivity contribution in [2.75, 3.05) is 13.3 Å². The third kappa shape index (κ3) is 1.77. The van der Waals surface area contributed by atoms with Gasteiger partial charge in [0.25, 0.3) is 0 Å². The predicted octanol–water partition coefficient (Wildman–Crippen LogP) is 0.934. The summed E-state index contributed by atoms with van der Waals surface area (Å²) in [5.74, 6) is -0.225. The maximum atomic E-state index is 12.1. The Morgan fingerprint density at radius 3 is 2.30 bits per heavy atom. The second-order valence-corrected chi connectivity index (χ2v) is 2.63. The Kier molecular flexibility index (Phi) is 3.50. The molecule has 0 radical (unpaired) electrons. The van der Waals surface area contributed by atoms with E-state index in [1.54, 1.807) is 6.92 Å². The van der Waals surface area contributed by atoms with E-state index in [1.165, 1.54) is 6.92 Å². The average molecular weight is 148 g/mol. The molecule has 0 fully saturated rings. The van der Waals surface area contributed by atoms with Crippen LogP contribution in [0.1, 0.15) is 20.3 Å². The second-order valence-electron chi connectivity index (χ2n) is 2.63. The Balaban J connectivity index is 4.17. The summed E-state index contributed by atoms with van der Waals surface area (Å²) in [6, 6.07) is 0. The van der Waals surface area contributed by atoms with E-state index >= 15 is 0 Å². The maximum Gasteiger partial charge on any atom is 0.143 e. The van der Waals surface area contributed by atoms with Crippen LogP contribution in [0.2, 0.25) is 0 Å². The van der Waals surface area contributed by atoms with Crippen LogP contribution in [0, 0.1) is 5.41 Å². The Morgan fingerprint density at radius 2 is 2.20 bits per heavy atom. The standard InChI is InChI=1S/C7H13FO2/c1-3-6(10)7(2,4-8)5-9/h9H,3-5H2,1-2H3. The third-order valence-corrected chi connectivity index (χ3v) is 1.64. The number of halogens is 1. The molecule has 3 heteroatoms. The zero-order valence-corrected chi connectivity index (χ0v) is 6.35. The van der Waals surface area contributed by atoms with Crippen molar-refractivity contribution in [3.05, 3.63) is 0 Å². The summed E-state index contributed by atoms with van der Waals surface area (Å²) < 4.78 is 12.1. The molecule has 60 valence electrons. The molecule has 0 aliphatic carbocycles. The van der Waals surface area contributed by atoms with E-state index in [9.17, 15) is 9.18 Å². The van der Waals surface area contributed by atoms with Gasteiger partial charge >= 0.3 is 0 Å². The molecule has 0 heterocycles. The number of carbonyl (C=O) groups is 1. The van der Waals surface area contributed by atoms with Gasteiger partial charge in [-0.3, -0.25) is 4.79 Å². The quantitative estimate of drug-likeness (QED) is 0.644. The minimum Gasteiger partial charge on any atom is -0.395 e. The van der Waals surface area contributed by atoms with Crippen LogP contribution in [0.5, 0.6) is 0 Å². The van der Waals surface area contributed by atoms with E-state index in [0.29, 0.717) is 0 Å². The summed E-state index contributed by atoms with van der Waals surface area (Å²) in [6.07, 6.45) is 0.279. The number of carbonyl (C=O) groups excluding carboxylic acids is 1. The van der Waals surface area contributed by atoms with Crippen LogP contribution >= 0.6 is 0 Å².